The van der Waals surface area contributed by atoms with Gasteiger partial charge in [-0.1, -0.05) is 24.3 Å². The topological polar surface area (TPSA) is 35.6 Å². The zero-order valence-corrected chi connectivity index (χ0v) is 14.1. The quantitative estimate of drug-likeness (QED) is 0.877. The number of fused-ring (bicyclic) bond motifs is 2. The van der Waals surface area contributed by atoms with Crippen LogP contribution in [0.5, 0.6) is 0 Å². The van der Waals surface area contributed by atoms with Crippen molar-refractivity contribution in [3.05, 3.63) is 64.7 Å². The summed E-state index contributed by atoms with van der Waals surface area (Å²) in [5, 5.41) is 3.50. The van der Waals surface area contributed by atoms with E-state index in [1.807, 2.05) is 11.0 Å². The van der Waals surface area contributed by atoms with Gasteiger partial charge >= 0.3 is 0 Å². The van der Waals surface area contributed by atoms with E-state index in [-0.39, 0.29) is 5.91 Å². The number of carbonyl (C=O) groups excluding carboxylic acids is 1. The molecule has 2 aliphatic heterocycles. The van der Waals surface area contributed by atoms with Crippen molar-refractivity contribution in [2.45, 2.75) is 13.0 Å². The molecule has 0 unspecified atom stereocenters. The van der Waals surface area contributed by atoms with Crippen LogP contribution in [0.4, 0.5) is 5.69 Å². The minimum Gasteiger partial charge on any atom is -0.381 e. The Morgan fingerprint density at radius 2 is 1.75 bits per heavy atom. The minimum atomic E-state index is 0.163. The van der Waals surface area contributed by atoms with E-state index in [1.54, 1.807) is 0 Å². The number of nitrogens with one attached hydrogen (secondary N) is 1. The highest BCUT2D eigenvalue weighted by molar-refractivity contribution is 5.94. The molecule has 0 bridgehead atoms. The van der Waals surface area contributed by atoms with Crippen LogP contribution in [0.15, 0.2) is 42.5 Å². The van der Waals surface area contributed by atoms with E-state index < -0.39 is 0 Å². The summed E-state index contributed by atoms with van der Waals surface area (Å²) >= 11 is 0. The molecule has 0 aromatic heterocycles. The molecule has 4 nitrogen and oxygen atoms in total. The van der Waals surface area contributed by atoms with Crippen molar-refractivity contribution in [3.63, 3.8) is 0 Å². The van der Waals surface area contributed by atoms with E-state index in [0.29, 0.717) is 0 Å². The van der Waals surface area contributed by atoms with Gasteiger partial charge in [0.05, 0.1) is 0 Å². The maximum absolute atomic E-state index is 12.8. The molecule has 1 fully saturated rings. The highest BCUT2D eigenvalue weighted by Crippen LogP contribution is 2.27. The Kier molecular flexibility index (Phi) is 3.98. The van der Waals surface area contributed by atoms with E-state index in [0.717, 1.165) is 44.7 Å². The summed E-state index contributed by atoms with van der Waals surface area (Å²) in [6.07, 6.45) is 0.877. The number of amides is 1. The number of piperazine rings is 1. The summed E-state index contributed by atoms with van der Waals surface area (Å²) in [5.74, 6) is 0.163. The number of carbonyl (C=O) groups is 1. The molecule has 1 saturated heterocycles. The highest BCUT2D eigenvalue weighted by atomic mass is 16.2. The van der Waals surface area contributed by atoms with Gasteiger partial charge in [-0.25, -0.2) is 0 Å². The van der Waals surface area contributed by atoms with E-state index in [4.69, 9.17) is 0 Å². The van der Waals surface area contributed by atoms with Crippen molar-refractivity contribution in [3.8, 4) is 0 Å². The molecule has 1 N–H and O–H groups in total. The molecule has 2 aromatic carbocycles. The van der Waals surface area contributed by atoms with Crippen LogP contribution in [0.2, 0.25) is 0 Å². The Labute approximate surface area is 143 Å². The molecule has 4 heteroatoms. The van der Waals surface area contributed by atoms with Crippen molar-refractivity contribution in [2.75, 3.05) is 38.5 Å². The fourth-order valence-corrected chi connectivity index (χ4v) is 3.53. The number of anilines is 1. The van der Waals surface area contributed by atoms with E-state index in [9.17, 15) is 4.79 Å². The van der Waals surface area contributed by atoms with Gasteiger partial charge in [0.1, 0.15) is 0 Å². The second-order valence-corrected chi connectivity index (χ2v) is 6.77. The Hall–Kier alpha value is -2.33. The average Bonchev–Trinajstić information content (AvgIpc) is 2.80. The molecule has 0 aliphatic carbocycles. The van der Waals surface area contributed by atoms with Crippen LogP contribution in [0.1, 0.15) is 27.0 Å². The fraction of sp³-hybridized carbons (Fsp3) is 0.350. The van der Waals surface area contributed by atoms with Gasteiger partial charge in [0.15, 0.2) is 0 Å². The predicted octanol–water partition coefficient (Wildman–Crippen LogP) is 2.59. The van der Waals surface area contributed by atoms with Gasteiger partial charge in [-0.15, -0.1) is 0 Å². The Morgan fingerprint density at radius 3 is 2.58 bits per heavy atom. The van der Waals surface area contributed by atoms with Crippen LogP contribution in [-0.4, -0.2) is 48.9 Å². The highest BCUT2D eigenvalue weighted by Gasteiger charge is 2.21. The van der Waals surface area contributed by atoms with Gasteiger partial charge < -0.3 is 15.1 Å². The first kappa shape index (κ1) is 15.2. The summed E-state index contributed by atoms with van der Waals surface area (Å²) in [7, 11) is 2.11. The molecule has 2 aliphatic rings. The van der Waals surface area contributed by atoms with Gasteiger partial charge in [-0.2, -0.15) is 0 Å². The summed E-state index contributed by atoms with van der Waals surface area (Å²) in [6.45, 7) is 4.35. The summed E-state index contributed by atoms with van der Waals surface area (Å²) in [6, 6.07) is 14.6. The SMILES string of the molecule is CN1CCN(C(=O)c2ccc3c(c2)Cc2ccccc2NC3)CC1. The molecule has 0 atom stereocenters. The normalized spacial score (nSPS) is 17.5. The Balaban J connectivity index is 1.60. The van der Waals surface area contributed by atoms with Crippen LogP contribution in [0, 0.1) is 0 Å². The molecule has 124 valence electrons. The van der Waals surface area contributed by atoms with Crippen LogP contribution in [-0.2, 0) is 13.0 Å². The second-order valence-electron chi connectivity index (χ2n) is 6.77. The van der Waals surface area contributed by atoms with Gasteiger partial charge in [-0.3, -0.25) is 4.79 Å². The lowest BCUT2D eigenvalue weighted by Crippen LogP contribution is -2.47. The lowest BCUT2D eigenvalue weighted by atomic mass is 9.98. The van der Waals surface area contributed by atoms with Gasteiger partial charge in [0.2, 0.25) is 0 Å². The number of hydrogen-bond acceptors (Lipinski definition) is 3. The van der Waals surface area contributed by atoms with Crippen LogP contribution >= 0.6 is 0 Å². The number of hydrogen-bond donors (Lipinski definition) is 1. The molecule has 24 heavy (non-hydrogen) atoms. The molecule has 4 rings (SSSR count). The number of nitrogens with zero attached hydrogens (tertiary/aromatic N) is 2. The molecular weight excluding hydrogens is 298 g/mol. The van der Waals surface area contributed by atoms with E-state index in [1.165, 1.54) is 22.4 Å². The zero-order valence-electron chi connectivity index (χ0n) is 14.1. The van der Waals surface area contributed by atoms with Gasteiger partial charge in [-0.05, 0) is 48.4 Å². The monoisotopic (exact) mass is 321 g/mol. The Morgan fingerprint density at radius 1 is 0.958 bits per heavy atom. The van der Waals surface area contributed by atoms with Crippen LogP contribution in [0.3, 0.4) is 0 Å². The van der Waals surface area contributed by atoms with Crippen molar-refractivity contribution >= 4 is 11.6 Å². The smallest absolute Gasteiger partial charge is 0.253 e. The zero-order chi connectivity index (χ0) is 16.5. The summed E-state index contributed by atoms with van der Waals surface area (Å²) in [4.78, 5) is 17.1. The summed E-state index contributed by atoms with van der Waals surface area (Å²) < 4.78 is 0. The number of rotatable bonds is 1. The molecular formula is C20H23N3O. The number of para-hydroxylation sites is 1. The Bertz CT molecular complexity index is 763. The largest absolute Gasteiger partial charge is 0.381 e. The van der Waals surface area contributed by atoms with E-state index in [2.05, 4.69) is 53.7 Å². The lowest BCUT2D eigenvalue weighted by molar-refractivity contribution is 0.0664. The summed E-state index contributed by atoms with van der Waals surface area (Å²) in [5.41, 5.74) is 5.84. The first-order valence-corrected chi connectivity index (χ1v) is 8.62. The van der Waals surface area contributed by atoms with Crippen LogP contribution in [0.25, 0.3) is 0 Å². The van der Waals surface area contributed by atoms with Crippen molar-refractivity contribution in [2.24, 2.45) is 0 Å². The third kappa shape index (κ3) is 2.89. The van der Waals surface area contributed by atoms with Gasteiger partial charge in [0, 0.05) is 44.0 Å². The maximum atomic E-state index is 12.8. The first-order chi connectivity index (χ1) is 11.7. The molecule has 0 saturated carbocycles. The number of benzene rings is 2. The third-order valence-electron chi connectivity index (χ3n) is 5.11. The molecule has 1 amide bonds. The lowest BCUT2D eigenvalue weighted by Gasteiger charge is -2.32. The average molecular weight is 321 g/mol. The van der Waals surface area contributed by atoms with Crippen molar-refractivity contribution in [1.82, 2.24) is 9.80 Å². The minimum absolute atomic E-state index is 0.163. The molecule has 0 radical (unpaired) electrons. The second kappa shape index (κ2) is 6.29. The fourth-order valence-electron chi connectivity index (χ4n) is 3.53. The van der Waals surface area contributed by atoms with Crippen molar-refractivity contribution < 1.29 is 4.79 Å². The van der Waals surface area contributed by atoms with E-state index >= 15 is 0 Å². The molecule has 2 aromatic rings. The first-order valence-electron chi connectivity index (χ1n) is 8.62. The third-order valence-corrected chi connectivity index (χ3v) is 5.11. The van der Waals surface area contributed by atoms with Crippen LogP contribution < -0.4 is 5.32 Å². The number of likely N-dealkylation sites (N-methyl/N-ethyl adjacent to an activating group) is 1. The molecule has 0 spiro atoms. The standard InChI is InChI=1S/C20H23N3O/c1-22-8-10-23(11-9-22)20(24)16-6-7-17-14-21-19-5-3-2-4-15(19)12-18(17)13-16/h2-7,13,21H,8-12,14H2,1H3. The molecule has 2 heterocycles. The van der Waals surface area contributed by atoms with Crippen molar-refractivity contribution in [1.29, 1.82) is 0 Å². The maximum Gasteiger partial charge on any atom is 0.253 e. The predicted molar refractivity (Wildman–Crippen MR) is 96.4 cm³/mol. The van der Waals surface area contributed by atoms with Gasteiger partial charge in [0.25, 0.3) is 5.91 Å².